The number of ether oxygens (including phenoxy) is 2. The summed E-state index contributed by atoms with van der Waals surface area (Å²) in [5, 5.41) is 2.18. The Kier molecular flexibility index (Phi) is 6.51. The van der Waals surface area contributed by atoms with Crippen LogP contribution in [0.5, 0.6) is 11.5 Å². The van der Waals surface area contributed by atoms with Gasteiger partial charge in [-0.2, -0.15) is 0 Å². The minimum atomic E-state index is -0.833. The van der Waals surface area contributed by atoms with Crippen LogP contribution < -0.4 is 14.8 Å². The smallest absolute Gasteiger partial charge is 0.248 e. The van der Waals surface area contributed by atoms with Crippen molar-refractivity contribution < 1.29 is 23.0 Å². The fourth-order valence-corrected chi connectivity index (χ4v) is 2.07. The summed E-state index contributed by atoms with van der Waals surface area (Å²) in [5.41, 5.74) is 0.211. The third-order valence-corrected chi connectivity index (χ3v) is 3.29. The zero-order valence-corrected chi connectivity index (χ0v) is 14.0. The lowest BCUT2D eigenvalue weighted by Crippen LogP contribution is -2.10. The largest absolute Gasteiger partial charge is 0.493 e. The molecule has 25 heavy (non-hydrogen) atoms. The Hall–Kier alpha value is -2.89. The number of rotatable bonds is 7. The maximum absolute atomic E-state index is 13.5. The van der Waals surface area contributed by atoms with Crippen LogP contribution in [0.1, 0.15) is 18.9 Å². The van der Waals surface area contributed by atoms with Gasteiger partial charge in [-0.15, -0.1) is 0 Å². The standard InChI is InChI=1S/C19H19F2NO3/c1-3-11-25-16-9-7-13(12-17(16)24-2)8-10-18(23)22-19-14(20)5-4-6-15(19)21/h4-10,12H,3,11H2,1-2H3,(H,22,23). The van der Waals surface area contributed by atoms with Gasteiger partial charge in [0.1, 0.15) is 17.3 Å². The number of para-hydroxylation sites is 1. The van der Waals surface area contributed by atoms with Crippen LogP contribution in [0.25, 0.3) is 6.08 Å². The van der Waals surface area contributed by atoms with Gasteiger partial charge in [-0.3, -0.25) is 4.79 Å². The highest BCUT2D eigenvalue weighted by Gasteiger charge is 2.10. The van der Waals surface area contributed by atoms with E-state index in [1.807, 2.05) is 6.92 Å². The van der Waals surface area contributed by atoms with Crippen LogP contribution in [0.15, 0.2) is 42.5 Å². The first-order valence-electron chi connectivity index (χ1n) is 7.79. The van der Waals surface area contributed by atoms with Crippen molar-refractivity contribution in [1.82, 2.24) is 0 Å². The predicted octanol–water partition coefficient (Wildman–Crippen LogP) is 4.41. The number of benzene rings is 2. The Balaban J connectivity index is 2.09. The topological polar surface area (TPSA) is 47.6 Å². The first-order valence-corrected chi connectivity index (χ1v) is 7.79. The van der Waals surface area contributed by atoms with Crippen LogP contribution in [-0.2, 0) is 4.79 Å². The molecule has 0 spiro atoms. The molecule has 0 bridgehead atoms. The van der Waals surface area contributed by atoms with E-state index in [1.165, 1.54) is 25.3 Å². The van der Waals surface area contributed by atoms with E-state index in [9.17, 15) is 13.6 Å². The molecule has 0 aliphatic rings. The summed E-state index contributed by atoms with van der Waals surface area (Å²) in [5.74, 6) is -1.16. The van der Waals surface area contributed by atoms with Gasteiger partial charge in [-0.25, -0.2) is 8.78 Å². The van der Waals surface area contributed by atoms with E-state index < -0.39 is 23.2 Å². The van der Waals surface area contributed by atoms with E-state index in [1.54, 1.807) is 18.2 Å². The van der Waals surface area contributed by atoms with E-state index >= 15 is 0 Å². The van der Waals surface area contributed by atoms with E-state index in [0.29, 0.717) is 23.7 Å². The molecular weight excluding hydrogens is 328 g/mol. The highest BCUT2D eigenvalue weighted by atomic mass is 19.1. The Bertz CT molecular complexity index is 755. The lowest BCUT2D eigenvalue weighted by atomic mass is 10.2. The monoisotopic (exact) mass is 347 g/mol. The zero-order chi connectivity index (χ0) is 18.2. The molecule has 132 valence electrons. The molecule has 0 atom stereocenters. The van der Waals surface area contributed by atoms with E-state index in [4.69, 9.17) is 9.47 Å². The normalized spacial score (nSPS) is 10.7. The predicted molar refractivity (Wildman–Crippen MR) is 92.8 cm³/mol. The number of carbonyl (C=O) groups is 1. The van der Waals surface area contributed by atoms with Crippen LogP contribution in [0.3, 0.4) is 0 Å². The third kappa shape index (κ3) is 5.04. The van der Waals surface area contributed by atoms with Gasteiger partial charge in [0.2, 0.25) is 5.91 Å². The first-order chi connectivity index (χ1) is 12.0. The Morgan fingerprint density at radius 1 is 1.16 bits per heavy atom. The van der Waals surface area contributed by atoms with Crippen molar-refractivity contribution in [2.24, 2.45) is 0 Å². The van der Waals surface area contributed by atoms with Crippen molar-refractivity contribution in [3.05, 3.63) is 59.7 Å². The molecule has 1 N–H and O–H groups in total. The average molecular weight is 347 g/mol. The van der Waals surface area contributed by atoms with Crippen LogP contribution in [0, 0.1) is 11.6 Å². The summed E-state index contributed by atoms with van der Waals surface area (Å²) in [6.07, 6.45) is 3.57. The molecule has 0 aliphatic carbocycles. The molecule has 1 amide bonds. The minimum absolute atomic E-state index is 0.474. The number of carbonyl (C=O) groups excluding carboxylic acids is 1. The molecule has 0 aromatic heterocycles. The number of methoxy groups -OCH3 is 1. The van der Waals surface area contributed by atoms with Crippen molar-refractivity contribution >= 4 is 17.7 Å². The molecule has 0 saturated carbocycles. The molecule has 4 nitrogen and oxygen atoms in total. The minimum Gasteiger partial charge on any atom is -0.493 e. The second-order valence-corrected chi connectivity index (χ2v) is 5.18. The van der Waals surface area contributed by atoms with Crippen molar-refractivity contribution in [3.63, 3.8) is 0 Å². The summed E-state index contributed by atoms with van der Waals surface area (Å²) in [6.45, 7) is 2.57. The molecule has 2 rings (SSSR count). The molecular formula is C19H19F2NO3. The van der Waals surface area contributed by atoms with E-state index in [0.717, 1.165) is 18.6 Å². The maximum atomic E-state index is 13.5. The van der Waals surface area contributed by atoms with Gasteiger partial charge in [-0.05, 0) is 42.3 Å². The number of hydrogen-bond donors (Lipinski definition) is 1. The maximum Gasteiger partial charge on any atom is 0.248 e. The van der Waals surface area contributed by atoms with Gasteiger partial charge in [0.15, 0.2) is 11.5 Å². The summed E-state index contributed by atoms with van der Waals surface area (Å²) in [4.78, 5) is 11.9. The van der Waals surface area contributed by atoms with E-state index in [-0.39, 0.29) is 0 Å². The zero-order valence-electron chi connectivity index (χ0n) is 14.0. The van der Waals surface area contributed by atoms with Gasteiger partial charge >= 0.3 is 0 Å². The first kappa shape index (κ1) is 18.4. The molecule has 0 saturated heterocycles. The van der Waals surface area contributed by atoms with Crippen molar-refractivity contribution in [2.45, 2.75) is 13.3 Å². The number of hydrogen-bond acceptors (Lipinski definition) is 3. The summed E-state index contributed by atoms with van der Waals surface area (Å²) >= 11 is 0. The van der Waals surface area contributed by atoms with Gasteiger partial charge in [0.05, 0.1) is 13.7 Å². The SMILES string of the molecule is CCCOc1ccc(C=CC(=O)Nc2c(F)cccc2F)cc1OC. The van der Waals surface area contributed by atoms with Gasteiger partial charge in [0.25, 0.3) is 0 Å². The van der Waals surface area contributed by atoms with Crippen molar-refractivity contribution in [2.75, 3.05) is 19.0 Å². The number of amides is 1. The summed E-state index contributed by atoms with van der Waals surface area (Å²) in [6, 6.07) is 8.57. The molecule has 2 aromatic carbocycles. The van der Waals surface area contributed by atoms with Gasteiger partial charge in [-0.1, -0.05) is 19.1 Å². The Morgan fingerprint density at radius 2 is 1.88 bits per heavy atom. The van der Waals surface area contributed by atoms with Crippen molar-refractivity contribution in [3.8, 4) is 11.5 Å². The highest BCUT2D eigenvalue weighted by molar-refractivity contribution is 6.02. The van der Waals surface area contributed by atoms with E-state index in [2.05, 4.69) is 5.32 Å². The second kappa shape index (κ2) is 8.82. The number of halogens is 2. The van der Waals surface area contributed by atoms with Crippen LogP contribution in [-0.4, -0.2) is 19.6 Å². The molecule has 0 unspecified atom stereocenters. The summed E-state index contributed by atoms with van der Waals surface area (Å²) in [7, 11) is 1.52. The quantitative estimate of drug-likeness (QED) is 0.755. The average Bonchev–Trinajstić information content (AvgIpc) is 2.61. The lowest BCUT2D eigenvalue weighted by Gasteiger charge is -2.10. The fourth-order valence-electron chi connectivity index (χ4n) is 2.07. The Morgan fingerprint density at radius 3 is 2.52 bits per heavy atom. The molecule has 0 aliphatic heterocycles. The molecule has 0 heterocycles. The van der Waals surface area contributed by atoms with Crippen LogP contribution in [0.2, 0.25) is 0 Å². The molecule has 0 fully saturated rings. The third-order valence-electron chi connectivity index (χ3n) is 3.29. The second-order valence-electron chi connectivity index (χ2n) is 5.18. The highest BCUT2D eigenvalue weighted by Crippen LogP contribution is 2.28. The molecule has 6 heteroatoms. The Labute approximate surface area is 145 Å². The lowest BCUT2D eigenvalue weighted by molar-refractivity contribution is -0.111. The molecule has 2 aromatic rings. The van der Waals surface area contributed by atoms with Crippen LogP contribution in [0.4, 0.5) is 14.5 Å². The fraction of sp³-hybridized carbons (Fsp3) is 0.211. The van der Waals surface area contributed by atoms with Crippen LogP contribution >= 0.6 is 0 Å². The van der Waals surface area contributed by atoms with Crippen molar-refractivity contribution in [1.29, 1.82) is 0 Å². The number of nitrogens with one attached hydrogen (secondary N) is 1. The van der Waals surface area contributed by atoms with Gasteiger partial charge < -0.3 is 14.8 Å². The molecule has 0 radical (unpaired) electrons. The van der Waals surface area contributed by atoms with Gasteiger partial charge in [0, 0.05) is 6.08 Å². The summed E-state index contributed by atoms with van der Waals surface area (Å²) < 4.78 is 37.8. The number of anilines is 1.